The van der Waals surface area contributed by atoms with Crippen molar-refractivity contribution < 1.29 is 4.79 Å². The summed E-state index contributed by atoms with van der Waals surface area (Å²) in [5.74, 6) is -0.127. The highest BCUT2D eigenvalue weighted by Crippen LogP contribution is 2.28. The van der Waals surface area contributed by atoms with E-state index < -0.39 is 5.54 Å². The maximum absolute atomic E-state index is 12.2. The minimum Gasteiger partial charge on any atom is -0.333 e. The molecule has 19 heavy (non-hydrogen) atoms. The van der Waals surface area contributed by atoms with E-state index in [9.17, 15) is 10.1 Å². The summed E-state index contributed by atoms with van der Waals surface area (Å²) >= 11 is 4.75. The number of rotatable bonds is 2. The number of carbonyl (C=O) groups is 1. The lowest BCUT2D eigenvalue weighted by molar-refractivity contribution is 0.0912. The van der Waals surface area contributed by atoms with Gasteiger partial charge in [0.1, 0.15) is 5.54 Å². The normalized spacial score (nSPS) is 18.9. The van der Waals surface area contributed by atoms with Gasteiger partial charge in [0.25, 0.3) is 5.91 Å². The minimum absolute atomic E-state index is 0.127. The van der Waals surface area contributed by atoms with Crippen molar-refractivity contribution in [3.05, 3.63) is 20.8 Å². The number of nitrogens with zero attached hydrogens (tertiary/aromatic N) is 1. The zero-order valence-corrected chi connectivity index (χ0v) is 13.1. The molecule has 2 rings (SSSR count). The zero-order chi connectivity index (χ0) is 13.7. The Labute approximate surface area is 126 Å². The summed E-state index contributed by atoms with van der Waals surface area (Å²) < 4.78 is 0.932. The zero-order valence-electron chi connectivity index (χ0n) is 10.7. The van der Waals surface area contributed by atoms with Crippen LogP contribution in [0.4, 0.5) is 0 Å². The fourth-order valence-electron chi connectivity index (χ4n) is 2.49. The van der Waals surface area contributed by atoms with E-state index in [1.165, 1.54) is 17.8 Å². The molecule has 0 bridgehead atoms. The van der Waals surface area contributed by atoms with Gasteiger partial charge in [-0.2, -0.15) is 5.26 Å². The maximum atomic E-state index is 12.2. The van der Waals surface area contributed by atoms with Crippen LogP contribution in [0.15, 0.2) is 15.9 Å². The number of amides is 1. The quantitative estimate of drug-likeness (QED) is 0.874. The first-order chi connectivity index (χ1) is 9.15. The van der Waals surface area contributed by atoms with Gasteiger partial charge in [0.15, 0.2) is 0 Å². The molecule has 3 nitrogen and oxygen atoms in total. The Morgan fingerprint density at radius 1 is 1.26 bits per heavy atom. The van der Waals surface area contributed by atoms with Crippen molar-refractivity contribution in [3.63, 3.8) is 0 Å². The van der Waals surface area contributed by atoms with E-state index in [-0.39, 0.29) is 5.91 Å². The Hall–Kier alpha value is -0.860. The average Bonchev–Trinajstić information content (AvgIpc) is 2.80. The molecule has 0 radical (unpaired) electrons. The fourth-order valence-corrected chi connectivity index (χ4v) is 3.77. The molecule has 0 atom stereocenters. The van der Waals surface area contributed by atoms with Crippen molar-refractivity contribution in [3.8, 4) is 6.07 Å². The second-order valence-electron chi connectivity index (χ2n) is 5.02. The second-order valence-corrected chi connectivity index (χ2v) is 7.48. The maximum Gasteiger partial charge on any atom is 0.262 e. The summed E-state index contributed by atoms with van der Waals surface area (Å²) in [4.78, 5) is 12.9. The van der Waals surface area contributed by atoms with E-state index in [1.54, 1.807) is 6.07 Å². The Morgan fingerprint density at radius 2 is 1.89 bits per heavy atom. The van der Waals surface area contributed by atoms with Gasteiger partial charge in [0.2, 0.25) is 0 Å². The summed E-state index contributed by atoms with van der Waals surface area (Å²) in [5.41, 5.74) is -0.673. The third-order valence-electron chi connectivity index (χ3n) is 3.57. The van der Waals surface area contributed by atoms with Crippen LogP contribution in [-0.4, -0.2) is 11.4 Å². The summed E-state index contributed by atoms with van der Waals surface area (Å²) in [7, 11) is 0. The molecule has 0 spiro atoms. The average molecular weight is 341 g/mol. The first-order valence-corrected chi connectivity index (χ1v) is 8.25. The lowest BCUT2D eigenvalue weighted by Crippen LogP contribution is -2.47. The molecule has 1 amide bonds. The van der Waals surface area contributed by atoms with Gasteiger partial charge in [0.05, 0.1) is 14.7 Å². The van der Waals surface area contributed by atoms with E-state index in [1.807, 2.05) is 6.07 Å². The fraction of sp³-hybridized carbons (Fsp3) is 0.571. The van der Waals surface area contributed by atoms with Crippen molar-refractivity contribution in [2.45, 2.75) is 50.5 Å². The van der Waals surface area contributed by atoms with Gasteiger partial charge >= 0.3 is 0 Å². The number of hydrogen-bond donors (Lipinski definition) is 1. The molecule has 0 saturated heterocycles. The number of carbonyl (C=O) groups excluding carboxylic acids is 1. The van der Waals surface area contributed by atoms with Crippen LogP contribution in [0.5, 0.6) is 0 Å². The lowest BCUT2D eigenvalue weighted by Gasteiger charge is -2.29. The Balaban J connectivity index is 2.08. The van der Waals surface area contributed by atoms with Gasteiger partial charge in [0, 0.05) is 0 Å². The van der Waals surface area contributed by atoms with Crippen LogP contribution in [0.1, 0.15) is 54.6 Å². The van der Waals surface area contributed by atoms with E-state index in [0.29, 0.717) is 4.88 Å². The summed E-state index contributed by atoms with van der Waals surface area (Å²) in [6.07, 6.45) is 7.12. The van der Waals surface area contributed by atoms with Gasteiger partial charge in [-0.1, -0.05) is 32.1 Å². The first-order valence-electron chi connectivity index (χ1n) is 6.64. The highest BCUT2D eigenvalue weighted by atomic mass is 79.9. The number of hydrogen-bond acceptors (Lipinski definition) is 3. The van der Waals surface area contributed by atoms with Crippen LogP contribution in [0.3, 0.4) is 0 Å². The van der Waals surface area contributed by atoms with E-state index in [2.05, 4.69) is 27.3 Å². The standard InChI is InChI=1S/C14H17BrN2OS/c15-12-7-6-11(19-12)13(18)17-14(10-16)8-4-2-1-3-5-9-14/h6-7H,1-5,8-9H2,(H,17,18). The van der Waals surface area contributed by atoms with Crippen molar-refractivity contribution in [1.82, 2.24) is 5.32 Å². The Bertz CT molecular complexity index is 484. The molecule has 0 unspecified atom stereocenters. The van der Waals surface area contributed by atoms with Gasteiger partial charge in [-0.15, -0.1) is 11.3 Å². The molecule has 102 valence electrons. The van der Waals surface area contributed by atoms with Crippen molar-refractivity contribution in [1.29, 1.82) is 5.26 Å². The molecule has 1 fully saturated rings. The molecule has 1 saturated carbocycles. The molecule has 1 aliphatic carbocycles. The molecule has 5 heteroatoms. The van der Waals surface area contributed by atoms with E-state index >= 15 is 0 Å². The monoisotopic (exact) mass is 340 g/mol. The number of halogens is 1. The number of nitrogens with one attached hydrogen (secondary N) is 1. The van der Waals surface area contributed by atoms with Crippen molar-refractivity contribution in [2.75, 3.05) is 0 Å². The molecule has 1 aliphatic rings. The molecule has 1 aromatic heterocycles. The Morgan fingerprint density at radius 3 is 2.42 bits per heavy atom. The smallest absolute Gasteiger partial charge is 0.262 e. The Kier molecular flexibility index (Phi) is 5.00. The van der Waals surface area contributed by atoms with Gasteiger partial charge in [-0.3, -0.25) is 4.79 Å². The summed E-state index contributed by atoms with van der Waals surface area (Å²) in [6, 6.07) is 6.00. The SMILES string of the molecule is N#CC1(NC(=O)c2ccc(Br)s2)CCCCCCC1. The van der Waals surface area contributed by atoms with Crippen molar-refractivity contribution >= 4 is 33.2 Å². The van der Waals surface area contributed by atoms with Gasteiger partial charge in [-0.05, 0) is 40.9 Å². The molecule has 0 aliphatic heterocycles. The molecular formula is C14H17BrN2OS. The molecule has 1 N–H and O–H groups in total. The summed E-state index contributed by atoms with van der Waals surface area (Å²) in [5, 5.41) is 12.5. The predicted molar refractivity (Wildman–Crippen MR) is 80.1 cm³/mol. The van der Waals surface area contributed by atoms with Crippen LogP contribution in [0.2, 0.25) is 0 Å². The highest BCUT2D eigenvalue weighted by molar-refractivity contribution is 9.11. The molecule has 1 aromatic rings. The first kappa shape index (κ1) is 14.5. The van der Waals surface area contributed by atoms with Crippen molar-refractivity contribution in [2.24, 2.45) is 0 Å². The van der Waals surface area contributed by atoms with Gasteiger partial charge < -0.3 is 5.32 Å². The minimum atomic E-state index is -0.673. The largest absolute Gasteiger partial charge is 0.333 e. The molecular weight excluding hydrogens is 324 g/mol. The second kappa shape index (κ2) is 6.53. The van der Waals surface area contributed by atoms with Crippen LogP contribution in [0, 0.1) is 11.3 Å². The number of thiophene rings is 1. The van der Waals surface area contributed by atoms with Crippen LogP contribution in [0.25, 0.3) is 0 Å². The van der Waals surface area contributed by atoms with E-state index in [0.717, 1.165) is 42.3 Å². The molecule has 1 heterocycles. The van der Waals surface area contributed by atoms with Crippen LogP contribution >= 0.6 is 27.3 Å². The third-order valence-corrected chi connectivity index (χ3v) is 5.19. The van der Waals surface area contributed by atoms with Gasteiger partial charge in [-0.25, -0.2) is 0 Å². The lowest BCUT2D eigenvalue weighted by atomic mass is 9.85. The molecule has 0 aromatic carbocycles. The van der Waals surface area contributed by atoms with Crippen LogP contribution < -0.4 is 5.32 Å². The van der Waals surface area contributed by atoms with E-state index in [4.69, 9.17) is 0 Å². The number of nitriles is 1. The van der Waals surface area contributed by atoms with Crippen LogP contribution in [-0.2, 0) is 0 Å². The third kappa shape index (κ3) is 3.80. The topological polar surface area (TPSA) is 52.9 Å². The highest BCUT2D eigenvalue weighted by Gasteiger charge is 2.32. The predicted octanol–water partition coefficient (Wildman–Crippen LogP) is 4.25. The summed E-state index contributed by atoms with van der Waals surface area (Å²) in [6.45, 7) is 0.